The molecule has 0 radical (unpaired) electrons. The third kappa shape index (κ3) is 4.49. The fraction of sp³-hybridized carbons (Fsp3) is 1.00. The third-order valence-electron chi connectivity index (χ3n) is 1.43. The van der Waals surface area contributed by atoms with E-state index in [0.29, 0.717) is 6.85 Å². The minimum Gasteiger partial charge on any atom is -0.294 e. The van der Waals surface area contributed by atoms with E-state index in [1.807, 2.05) is 19.1 Å². The van der Waals surface area contributed by atoms with Crippen molar-refractivity contribution in [3.63, 3.8) is 0 Å². The van der Waals surface area contributed by atoms with Gasteiger partial charge >= 0.3 is 0 Å². The molecule has 0 amide bonds. The van der Waals surface area contributed by atoms with Gasteiger partial charge in [-0.05, 0) is 0 Å². The van der Waals surface area contributed by atoms with Crippen LogP contribution in [-0.2, 0) is 0 Å². The summed E-state index contributed by atoms with van der Waals surface area (Å²) in [7, 11) is 4.05. The Kier molecular flexibility index (Phi) is 4.82. The van der Waals surface area contributed by atoms with Crippen molar-refractivity contribution >= 4 is 6.85 Å². The molecule has 0 fully saturated rings. The molecule has 0 atom stereocenters. The minimum absolute atomic E-state index is 0.653. The normalized spacial score (nSPS) is 10.3. The lowest BCUT2D eigenvalue weighted by Crippen LogP contribution is -2.42. The van der Waals surface area contributed by atoms with Crippen LogP contribution in [0.2, 0.25) is 12.6 Å². The van der Waals surface area contributed by atoms with Crippen LogP contribution in [0.5, 0.6) is 0 Å². The molecule has 1 N–H and O–H groups in total. The smallest absolute Gasteiger partial charge is 0.236 e. The summed E-state index contributed by atoms with van der Waals surface area (Å²) in [5.74, 6) is 0. The minimum atomic E-state index is 0.653. The maximum atomic E-state index is 3.31. The first-order valence-electron chi connectivity index (χ1n) is 3.64. The summed E-state index contributed by atoms with van der Waals surface area (Å²) in [5.41, 5.74) is 0. The van der Waals surface area contributed by atoms with Crippen molar-refractivity contribution in [2.75, 3.05) is 14.1 Å². The molecule has 9 heavy (non-hydrogen) atoms. The molecular formula is C6H17BN2. The Hall–Kier alpha value is -0.0151. The molecule has 2 nitrogen and oxygen atoms in total. The highest BCUT2D eigenvalue weighted by Crippen LogP contribution is 1.92. The van der Waals surface area contributed by atoms with Gasteiger partial charge in [0.1, 0.15) is 0 Å². The zero-order valence-corrected chi connectivity index (χ0v) is 6.94. The Labute approximate surface area is 58.7 Å². The molecule has 0 unspecified atom stereocenters. The van der Waals surface area contributed by atoms with Gasteiger partial charge in [0, 0.05) is 14.1 Å². The van der Waals surface area contributed by atoms with Crippen LogP contribution in [0.3, 0.4) is 0 Å². The van der Waals surface area contributed by atoms with Crippen LogP contribution in [0.4, 0.5) is 0 Å². The monoisotopic (exact) mass is 128 g/mol. The standard InChI is InChI=1S/C6H17BN2/c1-5-7(6-2)8-9(3)4/h8H,5-6H2,1-4H3. The summed E-state index contributed by atoms with van der Waals surface area (Å²) in [6.45, 7) is 5.05. The van der Waals surface area contributed by atoms with Crippen LogP contribution in [0, 0.1) is 0 Å². The highest BCUT2D eigenvalue weighted by atomic mass is 15.4. The van der Waals surface area contributed by atoms with Crippen LogP contribution in [0.15, 0.2) is 0 Å². The van der Waals surface area contributed by atoms with E-state index in [-0.39, 0.29) is 0 Å². The predicted octanol–water partition coefficient (Wildman–Crippen LogP) is 1.08. The zero-order valence-electron chi connectivity index (χ0n) is 6.94. The van der Waals surface area contributed by atoms with Crippen molar-refractivity contribution in [3.05, 3.63) is 0 Å². The van der Waals surface area contributed by atoms with E-state index < -0.39 is 0 Å². The molecule has 0 saturated carbocycles. The lowest BCUT2D eigenvalue weighted by atomic mass is 9.58. The first-order chi connectivity index (χ1) is 4.20. The molecular weight excluding hydrogens is 111 g/mol. The van der Waals surface area contributed by atoms with Gasteiger partial charge in [0.25, 0.3) is 0 Å². The van der Waals surface area contributed by atoms with Crippen molar-refractivity contribution < 1.29 is 0 Å². The molecule has 0 spiro atoms. The average Bonchev–Trinajstić information content (AvgIpc) is 1.82. The van der Waals surface area contributed by atoms with Gasteiger partial charge in [-0.1, -0.05) is 26.5 Å². The molecule has 0 heterocycles. The lowest BCUT2D eigenvalue weighted by Gasteiger charge is -2.16. The molecule has 0 aromatic rings. The number of rotatable bonds is 4. The second-order valence-electron chi connectivity index (χ2n) is 2.54. The number of hydrogen-bond donors (Lipinski definition) is 1. The summed E-state index contributed by atoms with van der Waals surface area (Å²) < 4.78 is 0. The van der Waals surface area contributed by atoms with Crippen LogP contribution in [0.1, 0.15) is 13.8 Å². The summed E-state index contributed by atoms with van der Waals surface area (Å²) >= 11 is 0. The second-order valence-corrected chi connectivity index (χ2v) is 2.54. The van der Waals surface area contributed by atoms with E-state index in [9.17, 15) is 0 Å². The summed E-state index contributed by atoms with van der Waals surface area (Å²) in [5, 5.41) is 5.32. The van der Waals surface area contributed by atoms with Gasteiger partial charge in [0.15, 0.2) is 0 Å². The maximum absolute atomic E-state index is 3.31. The highest BCUT2D eigenvalue weighted by molar-refractivity contribution is 6.55. The summed E-state index contributed by atoms with van der Waals surface area (Å²) in [6, 6.07) is 0. The fourth-order valence-corrected chi connectivity index (χ4v) is 0.836. The van der Waals surface area contributed by atoms with Crippen LogP contribution < -0.4 is 5.34 Å². The number of nitrogens with one attached hydrogen (secondary N) is 1. The number of nitrogens with zero attached hydrogens (tertiary/aromatic N) is 1. The predicted molar refractivity (Wildman–Crippen MR) is 43.5 cm³/mol. The van der Waals surface area contributed by atoms with Gasteiger partial charge in [0.2, 0.25) is 6.85 Å². The summed E-state index contributed by atoms with van der Waals surface area (Å²) in [4.78, 5) is 0. The van der Waals surface area contributed by atoms with Crippen LogP contribution >= 0.6 is 0 Å². The third-order valence-corrected chi connectivity index (χ3v) is 1.43. The number of hydrazine groups is 1. The van der Waals surface area contributed by atoms with Gasteiger partial charge in [-0.2, -0.15) is 0 Å². The van der Waals surface area contributed by atoms with Crippen molar-refractivity contribution in [2.45, 2.75) is 26.5 Å². The molecule has 0 aromatic carbocycles. The molecule has 0 rings (SSSR count). The topological polar surface area (TPSA) is 15.3 Å². The SMILES string of the molecule is CCB(CC)NN(C)C. The Morgan fingerprint density at radius 2 is 1.67 bits per heavy atom. The quantitative estimate of drug-likeness (QED) is 0.450. The molecule has 0 saturated heterocycles. The largest absolute Gasteiger partial charge is 0.294 e. The van der Waals surface area contributed by atoms with E-state index in [2.05, 4.69) is 19.2 Å². The van der Waals surface area contributed by atoms with E-state index in [1.54, 1.807) is 0 Å². The van der Waals surface area contributed by atoms with Gasteiger partial charge in [-0.3, -0.25) is 10.3 Å². The van der Waals surface area contributed by atoms with Gasteiger partial charge in [0.05, 0.1) is 0 Å². The van der Waals surface area contributed by atoms with Crippen molar-refractivity contribution in [2.24, 2.45) is 0 Å². The molecule has 54 valence electrons. The molecule has 0 bridgehead atoms. The van der Waals surface area contributed by atoms with E-state index in [0.717, 1.165) is 0 Å². The first-order valence-corrected chi connectivity index (χ1v) is 3.64. The van der Waals surface area contributed by atoms with Gasteiger partial charge < -0.3 is 0 Å². The Bertz CT molecular complexity index is 62.1. The lowest BCUT2D eigenvalue weighted by molar-refractivity contribution is 0.367. The molecule has 0 aromatic heterocycles. The number of hydrogen-bond acceptors (Lipinski definition) is 2. The van der Waals surface area contributed by atoms with E-state index >= 15 is 0 Å². The van der Waals surface area contributed by atoms with Crippen molar-refractivity contribution in [3.8, 4) is 0 Å². The van der Waals surface area contributed by atoms with E-state index in [1.165, 1.54) is 12.6 Å². The molecule has 0 aliphatic rings. The summed E-state index contributed by atoms with van der Waals surface area (Å²) in [6.07, 6.45) is 2.41. The Morgan fingerprint density at radius 1 is 1.22 bits per heavy atom. The van der Waals surface area contributed by atoms with Gasteiger partial charge in [-0.25, -0.2) is 0 Å². The molecule has 3 heteroatoms. The fourth-order valence-electron chi connectivity index (χ4n) is 0.836. The van der Waals surface area contributed by atoms with Crippen molar-refractivity contribution in [1.29, 1.82) is 0 Å². The Morgan fingerprint density at radius 3 is 1.78 bits per heavy atom. The van der Waals surface area contributed by atoms with Crippen molar-refractivity contribution in [1.82, 2.24) is 10.3 Å². The Balaban J connectivity index is 3.31. The highest BCUT2D eigenvalue weighted by Gasteiger charge is 2.07. The molecule has 0 aliphatic carbocycles. The van der Waals surface area contributed by atoms with Crippen LogP contribution in [-0.4, -0.2) is 26.0 Å². The zero-order chi connectivity index (χ0) is 7.28. The maximum Gasteiger partial charge on any atom is 0.236 e. The van der Waals surface area contributed by atoms with Crippen LogP contribution in [0.25, 0.3) is 0 Å². The first kappa shape index (κ1) is 8.98. The van der Waals surface area contributed by atoms with Gasteiger partial charge in [-0.15, -0.1) is 0 Å². The van der Waals surface area contributed by atoms with E-state index in [4.69, 9.17) is 0 Å². The molecule has 0 aliphatic heterocycles. The second kappa shape index (κ2) is 4.83. The average molecular weight is 128 g/mol.